The molecule has 2 rings (SSSR count). The molecule has 0 aliphatic carbocycles. The SMILES string of the molecule is CCNC(c1cscc1C)c1ccccc1OC. The number of aryl methyl sites for hydroxylation is 1. The van der Waals surface area contributed by atoms with Crippen molar-refractivity contribution in [1.82, 2.24) is 5.32 Å². The molecule has 18 heavy (non-hydrogen) atoms. The molecule has 0 aliphatic rings. The van der Waals surface area contributed by atoms with E-state index < -0.39 is 0 Å². The topological polar surface area (TPSA) is 21.3 Å². The first-order valence-electron chi connectivity index (χ1n) is 6.17. The van der Waals surface area contributed by atoms with Crippen molar-refractivity contribution in [3.63, 3.8) is 0 Å². The maximum atomic E-state index is 5.47. The van der Waals surface area contributed by atoms with Crippen molar-refractivity contribution in [2.75, 3.05) is 13.7 Å². The van der Waals surface area contributed by atoms with Crippen LogP contribution in [0.3, 0.4) is 0 Å². The lowest BCUT2D eigenvalue weighted by molar-refractivity contribution is 0.404. The predicted octanol–water partition coefficient (Wildman–Crippen LogP) is 3.76. The number of methoxy groups -OCH3 is 1. The molecule has 0 fully saturated rings. The highest BCUT2D eigenvalue weighted by molar-refractivity contribution is 7.08. The van der Waals surface area contributed by atoms with Crippen LogP contribution in [0.25, 0.3) is 0 Å². The maximum Gasteiger partial charge on any atom is 0.123 e. The number of nitrogens with one attached hydrogen (secondary N) is 1. The second-order valence-corrected chi connectivity index (χ2v) is 4.99. The lowest BCUT2D eigenvalue weighted by Crippen LogP contribution is -2.22. The van der Waals surface area contributed by atoms with Gasteiger partial charge in [-0.15, -0.1) is 0 Å². The van der Waals surface area contributed by atoms with Crippen molar-refractivity contribution in [2.24, 2.45) is 0 Å². The van der Waals surface area contributed by atoms with E-state index in [1.807, 2.05) is 12.1 Å². The van der Waals surface area contributed by atoms with Gasteiger partial charge in [0.2, 0.25) is 0 Å². The summed E-state index contributed by atoms with van der Waals surface area (Å²) in [5.74, 6) is 0.939. The number of ether oxygens (including phenoxy) is 1. The Labute approximate surface area is 113 Å². The van der Waals surface area contributed by atoms with E-state index in [1.165, 1.54) is 16.7 Å². The molecule has 1 aromatic heterocycles. The van der Waals surface area contributed by atoms with E-state index in [4.69, 9.17) is 4.74 Å². The first-order chi connectivity index (χ1) is 8.77. The second-order valence-electron chi connectivity index (χ2n) is 4.24. The second kappa shape index (κ2) is 6.03. The summed E-state index contributed by atoms with van der Waals surface area (Å²) in [4.78, 5) is 0. The fraction of sp³-hybridized carbons (Fsp3) is 0.333. The summed E-state index contributed by atoms with van der Waals surface area (Å²) in [5, 5.41) is 7.95. The van der Waals surface area contributed by atoms with E-state index in [2.05, 4.69) is 42.1 Å². The van der Waals surface area contributed by atoms with E-state index >= 15 is 0 Å². The Bertz CT molecular complexity index is 507. The summed E-state index contributed by atoms with van der Waals surface area (Å²) < 4.78 is 5.47. The van der Waals surface area contributed by atoms with Gasteiger partial charge in [-0.1, -0.05) is 25.1 Å². The van der Waals surface area contributed by atoms with E-state index in [0.717, 1.165) is 12.3 Å². The molecular weight excluding hydrogens is 242 g/mol. The lowest BCUT2D eigenvalue weighted by Gasteiger charge is -2.21. The number of hydrogen-bond acceptors (Lipinski definition) is 3. The van der Waals surface area contributed by atoms with E-state index in [9.17, 15) is 0 Å². The summed E-state index contributed by atoms with van der Waals surface area (Å²) >= 11 is 1.75. The van der Waals surface area contributed by atoms with Crippen LogP contribution in [0, 0.1) is 6.92 Å². The molecule has 0 saturated carbocycles. The summed E-state index contributed by atoms with van der Waals surface area (Å²) in [5.41, 5.74) is 3.87. The molecule has 96 valence electrons. The molecule has 0 amide bonds. The van der Waals surface area contributed by atoms with Crippen molar-refractivity contribution < 1.29 is 4.74 Å². The van der Waals surface area contributed by atoms with Crippen LogP contribution in [0.15, 0.2) is 35.0 Å². The van der Waals surface area contributed by atoms with Crippen molar-refractivity contribution >= 4 is 11.3 Å². The third-order valence-corrected chi connectivity index (χ3v) is 3.94. The van der Waals surface area contributed by atoms with Crippen LogP contribution in [-0.2, 0) is 0 Å². The maximum absolute atomic E-state index is 5.47. The molecule has 0 spiro atoms. The molecule has 1 N–H and O–H groups in total. The molecule has 0 bridgehead atoms. The van der Waals surface area contributed by atoms with Gasteiger partial charge in [-0.05, 0) is 41.4 Å². The minimum atomic E-state index is 0.206. The normalized spacial score (nSPS) is 12.4. The monoisotopic (exact) mass is 261 g/mol. The van der Waals surface area contributed by atoms with Crippen LogP contribution in [0.4, 0.5) is 0 Å². The molecule has 0 aliphatic heterocycles. The summed E-state index contributed by atoms with van der Waals surface area (Å²) in [7, 11) is 1.72. The zero-order chi connectivity index (χ0) is 13.0. The molecule has 1 aromatic carbocycles. The number of rotatable bonds is 5. The number of hydrogen-bond donors (Lipinski definition) is 1. The fourth-order valence-electron chi connectivity index (χ4n) is 2.16. The number of para-hydroxylation sites is 1. The molecule has 2 aromatic rings. The summed E-state index contributed by atoms with van der Waals surface area (Å²) in [6.07, 6.45) is 0. The Morgan fingerprint density at radius 1 is 1.22 bits per heavy atom. The van der Waals surface area contributed by atoms with Crippen LogP contribution >= 0.6 is 11.3 Å². The van der Waals surface area contributed by atoms with E-state index in [0.29, 0.717) is 0 Å². The smallest absolute Gasteiger partial charge is 0.123 e. The van der Waals surface area contributed by atoms with Crippen LogP contribution in [0.1, 0.15) is 29.7 Å². The highest BCUT2D eigenvalue weighted by atomic mass is 32.1. The first kappa shape index (κ1) is 13.1. The third kappa shape index (κ3) is 2.57. The molecule has 0 saturated heterocycles. The Morgan fingerprint density at radius 2 is 2.00 bits per heavy atom. The first-order valence-corrected chi connectivity index (χ1v) is 7.11. The molecule has 2 nitrogen and oxygen atoms in total. The molecule has 0 radical (unpaired) electrons. The van der Waals surface area contributed by atoms with Crippen LogP contribution in [0.5, 0.6) is 5.75 Å². The zero-order valence-corrected chi connectivity index (χ0v) is 11.9. The molecule has 1 atom stereocenters. The van der Waals surface area contributed by atoms with Gasteiger partial charge in [-0.2, -0.15) is 11.3 Å². The number of thiophene rings is 1. The quantitative estimate of drug-likeness (QED) is 0.884. The van der Waals surface area contributed by atoms with Gasteiger partial charge < -0.3 is 10.1 Å². The lowest BCUT2D eigenvalue weighted by atomic mass is 9.97. The predicted molar refractivity (Wildman–Crippen MR) is 77.6 cm³/mol. The van der Waals surface area contributed by atoms with Crippen LogP contribution in [0.2, 0.25) is 0 Å². The van der Waals surface area contributed by atoms with Gasteiger partial charge in [0.25, 0.3) is 0 Å². The van der Waals surface area contributed by atoms with Crippen LogP contribution < -0.4 is 10.1 Å². The molecule has 1 unspecified atom stereocenters. The van der Waals surface area contributed by atoms with Gasteiger partial charge >= 0.3 is 0 Å². The van der Waals surface area contributed by atoms with Gasteiger partial charge in [0.05, 0.1) is 13.2 Å². The van der Waals surface area contributed by atoms with Gasteiger partial charge in [0.1, 0.15) is 5.75 Å². The summed E-state index contributed by atoms with van der Waals surface area (Å²) in [6.45, 7) is 5.22. The van der Waals surface area contributed by atoms with Crippen molar-refractivity contribution in [3.8, 4) is 5.75 Å². The average Bonchev–Trinajstić information content (AvgIpc) is 2.82. The Hall–Kier alpha value is -1.32. The third-order valence-electron chi connectivity index (χ3n) is 3.06. The van der Waals surface area contributed by atoms with Gasteiger partial charge in [0.15, 0.2) is 0 Å². The Balaban J connectivity index is 2.45. The molecule has 1 heterocycles. The van der Waals surface area contributed by atoms with Gasteiger partial charge in [-0.3, -0.25) is 0 Å². The standard InChI is InChI=1S/C15H19NOS/c1-4-16-15(13-10-18-9-11(13)2)12-7-5-6-8-14(12)17-3/h5-10,15-16H,4H2,1-3H3. The minimum absolute atomic E-state index is 0.206. The molecular formula is C15H19NOS. The minimum Gasteiger partial charge on any atom is -0.496 e. The molecule has 3 heteroatoms. The highest BCUT2D eigenvalue weighted by Gasteiger charge is 2.19. The van der Waals surface area contributed by atoms with Crippen molar-refractivity contribution in [3.05, 3.63) is 51.7 Å². The number of benzene rings is 1. The van der Waals surface area contributed by atoms with E-state index in [-0.39, 0.29) is 6.04 Å². The van der Waals surface area contributed by atoms with E-state index in [1.54, 1.807) is 18.4 Å². The van der Waals surface area contributed by atoms with Gasteiger partial charge in [-0.25, -0.2) is 0 Å². The van der Waals surface area contributed by atoms with Gasteiger partial charge in [0, 0.05) is 5.56 Å². The Morgan fingerprint density at radius 3 is 2.61 bits per heavy atom. The summed E-state index contributed by atoms with van der Waals surface area (Å²) in [6, 6.07) is 8.41. The fourth-order valence-corrected chi connectivity index (χ4v) is 3.04. The van der Waals surface area contributed by atoms with Crippen LogP contribution in [-0.4, -0.2) is 13.7 Å². The Kier molecular flexibility index (Phi) is 4.39. The van der Waals surface area contributed by atoms with Crippen molar-refractivity contribution in [1.29, 1.82) is 0 Å². The zero-order valence-electron chi connectivity index (χ0n) is 11.1. The highest BCUT2D eigenvalue weighted by Crippen LogP contribution is 2.32. The van der Waals surface area contributed by atoms with Crippen molar-refractivity contribution in [2.45, 2.75) is 19.9 Å². The average molecular weight is 261 g/mol. The largest absolute Gasteiger partial charge is 0.496 e.